The largest absolute Gasteiger partial charge is 0.493 e. The number of hydrogen-bond acceptors (Lipinski definition) is 7. The minimum absolute atomic E-state index is 0.155. The highest BCUT2D eigenvalue weighted by Gasteiger charge is 2.46. The molecule has 1 aliphatic rings. The standard InChI is InChI=1S/C25H25F3N2O7/c1-33-16-9-7-14(12-18(16)35-3)6-5-11-37-23(31)20-21(29-24(32)30-22(20)25(26,27)28)15-8-10-17(34-2)19(13-15)36-4/h5-10,12-13,21H,11H2,1-4H3,(H2,29,30,32). The van der Waals surface area contributed by atoms with E-state index in [2.05, 4.69) is 5.32 Å². The summed E-state index contributed by atoms with van der Waals surface area (Å²) in [7, 11) is 5.71. The van der Waals surface area contributed by atoms with Gasteiger partial charge in [0.25, 0.3) is 0 Å². The summed E-state index contributed by atoms with van der Waals surface area (Å²) < 4.78 is 67.4. The van der Waals surface area contributed by atoms with Crippen molar-refractivity contribution in [2.45, 2.75) is 12.2 Å². The number of hydrogen-bond donors (Lipinski definition) is 2. The molecule has 0 aliphatic carbocycles. The minimum atomic E-state index is -5.03. The van der Waals surface area contributed by atoms with E-state index < -0.39 is 35.5 Å². The van der Waals surface area contributed by atoms with Gasteiger partial charge >= 0.3 is 18.2 Å². The Kier molecular flexibility index (Phi) is 8.53. The lowest BCUT2D eigenvalue weighted by Gasteiger charge is -2.30. The van der Waals surface area contributed by atoms with Gasteiger partial charge in [-0.2, -0.15) is 13.2 Å². The Labute approximate surface area is 210 Å². The van der Waals surface area contributed by atoms with Crippen LogP contribution in [-0.2, 0) is 9.53 Å². The molecule has 0 radical (unpaired) electrons. The van der Waals surface area contributed by atoms with Gasteiger partial charge in [0.1, 0.15) is 12.3 Å². The summed E-state index contributed by atoms with van der Waals surface area (Å²) in [6.07, 6.45) is -1.98. The van der Waals surface area contributed by atoms with E-state index in [1.54, 1.807) is 29.6 Å². The Bertz CT molecular complexity index is 1230. The van der Waals surface area contributed by atoms with E-state index in [-0.39, 0.29) is 17.9 Å². The van der Waals surface area contributed by atoms with Gasteiger partial charge in [-0.15, -0.1) is 0 Å². The lowest BCUT2D eigenvalue weighted by molar-refractivity contribution is -0.140. The second kappa shape index (κ2) is 11.6. The van der Waals surface area contributed by atoms with E-state index in [4.69, 9.17) is 23.7 Å². The van der Waals surface area contributed by atoms with Crippen LogP contribution in [0.5, 0.6) is 23.0 Å². The van der Waals surface area contributed by atoms with Crippen molar-refractivity contribution in [3.63, 3.8) is 0 Å². The highest BCUT2D eigenvalue weighted by molar-refractivity contribution is 5.95. The Morgan fingerprint density at radius 2 is 1.51 bits per heavy atom. The predicted octanol–water partition coefficient (Wildman–Crippen LogP) is 4.15. The molecule has 0 bridgehead atoms. The number of carbonyl (C=O) groups is 2. The summed E-state index contributed by atoms with van der Waals surface area (Å²) in [4.78, 5) is 25.0. The maximum Gasteiger partial charge on any atom is 0.432 e. The first-order valence-corrected chi connectivity index (χ1v) is 10.8. The van der Waals surface area contributed by atoms with Crippen LogP contribution in [0.3, 0.4) is 0 Å². The van der Waals surface area contributed by atoms with Gasteiger partial charge in [0.2, 0.25) is 0 Å². The van der Waals surface area contributed by atoms with Crippen molar-refractivity contribution >= 4 is 18.1 Å². The first kappa shape index (κ1) is 27.2. The Balaban J connectivity index is 1.89. The average Bonchev–Trinajstić information content (AvgIpc) is 2.89. The number of methoxy groups -OCH3 is 4. The van der Waals surface area contributed by atoms with Crippen LogP contribution in [0.25, 0.3) is 6.08 Å². The second-order valence-corrected chi connectivity index (χ2v) is 7.55. The number of ether oxygens (including phenoxy) is 5. The number of halogens is 3. The molecule has 2 amide bonds. The van der Waals surface area contributed by atoms with Gasteiger partial charge in [-0.3, -0.25) is 0 Å². The van der Waals surface area contributed by atoms with Gasteiger partial charge in [-0.1, -0.05) is 18.2 Å². The highest BCUT2D eigenvalue weighted by Crippen LogP contribution is 2.38. The molecular formula is C25H25F3N2O7. The van der Waals surface area contributed by atoms with E-state index in [1.165, 1.54) is 52.7 Å². The number of esters is 1. The van der Waals surface area contributed by atoms with Crippen LogP contribution >= 0.6 is 0 Å². The minimum Gasteiger partial charge on any atom is -0.493 e. The zero-order valence-corrected chi connectivity index (χ0v) is 20.4. The van der Waals surface area contributed by atoms with E-state index in [0.29, 0.717) is 22.8 Å². The first-order valence-electron chi connectivity index (χ1n) is 10.8. The van der Waals surface area contributed by atoms with E-state index in [1.807, 2.05) is 0 Å². The van der Waals surface area contributed by atoms with Crippen molar-refractivity contribution in [2.75, 3.05) is 35.0 Å². The predicted molar refractivity (Wildman–Crippen MR) is 127 cm³/mol. The SMILES string of the molecule is COc1ccc(C=CCOC(=O)C2=C(C(F)(F)F)NC(=O)NC2c2ccc(OC)c(OC)c2)cc1OC. The van der Waals surface area contributed by atoms with Gasteiger partial charge in [0.05, 0.1) is 40.1 Å². The zero-order valence-electron chi connectivity index (χ0n) is 20.4. The molecule has 2 aromatic carbocycles. The van der Waals surface area contributed by atoms with Crippen LogP contribution in [0.4, 0.5) is 18.0 Å². The fourth-order valence-electron chi connectivity index (χ4n) is 3.63. The fourth-order valence-corrected chi connectivity index (χ4v) is 3.63. The van der Waals surface area contributed by atoms with Crippen LogP contribution in [0.15, 0.2) is 53.7 Å². The monoisotopic (exact) mass is 522 g/mol. The lowest BCUT2D eigenvalue weighted by Crippen LogP contribution is -2.49. The number of allylic oxidation sites excluding steroid dienone is 1. The normalized spacial score (nSPS) is 15.6. The van der Waals surface area contributed by atoms with Gasteiger partial charge in [0.15, 0.2) is 23.0 Å². The molecule has 198 valence electrons. The van der Waals surface area contributed by atoms with Crippen LogP contribution in [0, 0.1) is 0 Å². The summed E-state index contributed by atoms with van der Waals surface area (Å²) in [5, 5.41) is 4.03. The Morgan fingerprint density at radius 3 is 2.11 bits per heavy atom. The van der Waals surface area contributed by atoms with Crippen molar-refractivity contribution < 1.29 is 46.4 Å². The molecule has 0 spiro atoms. The molecule has 12 heteroatoms. The van der Waals surface area contributed by atoms with Gasteiger partial charge in [-0.05, 0) is 41.5 Å². The van der Waals surface area contributed by atoms with Crippen molar-refractivity contribution in [3.8, 4) is 23.0 Å². The molecule has 0 saturated carbocycles. The fraction of sp³-hybridized carbons (Fsp3) is 0.280. The zero-order chi connectivity index (χ0) is 27.2. The second-order valence-electron chi connectivity index (χ2n) is 7.55. The van der Waals surface area contributed by atoms with Crippen molar-refractivity contribution in [1.29, 1.82) is 0 Å². The third kappa shape index (κ3) is 6.26. The van der Waals surface area contributed by atoms with Crippen molar-refractivity contribution in [3.05, 3.63) is 64.9 Å². The van der Waals surface area contributed by atoms with Gasteiger partial charge in [-0.25, -0.2) is 9.59 Å². The van der Waals surface area contributed by atoms with Gasteiger partial charge in [0, 0.05) is 0 Å². The average molecular weight is 522 g/mol. The summed E-state index contributed by atoms with van der Waals surface area (Å²) in [6, 6.07) is 6.71. The van der Waals surface area contributed by atoms with Crippen LogP contribution in [0.2, 0.25) is 0 Å². The third-order valence-corrected chi connectivity index (χ3v) is 5.34. The van der Waals surface area contributed by atoms with Crippen LogP contribution in [0.1, 0.15) is 17.2 Å². The summed E-state index contributed by atoms with van der Waals surface area (Å²) in [5.41, 5.74) is -1.48. The number of rotatable bonds is 9. The molecule has 0 aromatic heterocycles. The molecule has 3 rings (SSSR count). The molecule has 0 fully saturated rings. The highest BCUT2D eigenvalue weighted by atomic mass is 19.4. The summed E-state index contributed by atoms with van der Waals surface area (Å²) in [5.74, 6) is 0.244. The molecule has 1 heterocycles. The molecule has 37 heavy (non-hydrogen) atoms. The van der Waals surface area contributed by atoms with Gasteiger partial charge < -0.3 is 34.3 Å². The quantitative estimate of drug-likeness (QED) is 0.477. The molecule has 0 saturated heterocycles. The maximum absolute atomic E-state index is 13.8. The number of carbonyl (C=O) groups excluding carboxylic acids is 2. The number of nitrogens with one attached hydrogen (secondary N) is 2. The van der Waals surface area contributed by atoms with Crippen molar-refractivity contribution in [2.24, 2.45) is 0 Å². The number of amides is 2. The maximum atomic E-state index is 13.8. The van der Waals surface area contributed by atoms with E-state index in [0.717, 1.165) is 0 Å². The molecule has 9 nitrogen and oxygen atoms in total. The lowest BCUT2D eigenvalue weighted by atomic mass is 9.94. The number of alkyl halides is 3. The Hall–Kier alpha value is -4.35. The first-order chi connectivity index (χ1) is 17.6. The van der Waals surface area contributed by atoms with E-state index in [9.17, 15) is 22.8 Å². The topological polar surface area (TPSA) is 104 Å². The molecule has 1 aliphatic heterocycles. The molecular weight excluding hydrogens is 497 g/mol. The summed E-state index contributed by atoms with van der Waals surface area (Å²) >= 11 is 0. The third-order valence-electron chi connectivity index (χ3n) is 5.34. The van der Waals surface area contributed by atoms with E-state index >= 15 is 0 Å². The number of urea groups is 1. The number of benzene rings is 2. The van der Waals surface area contributed by atoms with Crippen LogP contribution in [-0.4, -0.2) is 53.2 Å². The molecule has 1 unspecified atom stereocenters. The molecule has 1 atom stereocenters. The van der Waals surface area contributed by atoms with Crippen molar-refractivity contribution in [1.82, 2.24) is 10.6 Å². The molecule has 2 N–H and O–H groups in total. The molecule has 2 aromatic rings. The summed E-state index contributed by atoms with van der Waals surface area (Å²) in [6.45, 7) is -0.339. The Morgan fingerprint density at radius 1 is 0.919 bits per heavy atom. The smallest absolute Gasteiger partial charge is 0.432 e. The van der Waals surface area contributed by atoms with Crippen LogP contribution < -0.4 is 29.6 Å².